The molecule has 3 nitrogen and oxygen atoms in total. The Morgan fingerprint density at radius 1 is 1.11 bits per heavy atom. The second kappa shape index (κ2) is 5.48. The second-order valence-corrected chi connectivity index (χ2v) is 6.54. The molecule has 3 heteroatoms. The van der Waals surface area contributed by atoms with E-state index < -0.39 is 0 Å². The Kier molecular flexibility index (Phi) is 3.92. The van der Waals surface area contributed by atoms with Crippen LogP contribution in [0.3, 0.4) is 0 Å². The van der Waals surface area contributed by atoms with Crippen molar-refractivity contribution in [3.05, 3.63) is 0 Å². The molecule has 2 aliphatic carbocycles. The van der Waals surface area contributed by atoms with Crippen molar-refractivity contribution < 1.29 is 9.47 Å². The first kappa shape index (κ1) is 12.9. The highest BCUT2D eigenvalue weighted by molar-refractivity contribution is 4.91. The van der Waals surface area contributed by atoms with Crippen molar-refractivity contribution in [3.63, 3.8) is 0 Å². The van der Waals surface area contributed by atoms with E-state index in [-0.39, 0.29) is 5.60 Å². The summed E-state index contributed by atoms with van der Waals surface area (Å²) in [6.07, 6.45) is 12.1. The highest BCUT2D eigenvalue weighted by Crippen LogP contribution is 2.41. The van der Waals surface area contributed by atoms with Gasteiger partial charge < -0.3 is 15.2 Å². The van der Waals surface area contributed by atoms with Crippen LogP contribution in [0.5, 0.6) is 0 Å². The monoisotopic (exact) mass is 253 g/mol. The van der Waals surface area contributed by atoms with Crippen LogP contribution in [0.1, 0.15) is 57.8 Å². The lowest BCUT2D eigenvalue weighted by atomic mass is 9.78. The Morgan fingerprint density at radius 3 is 2.61 bits per heavy atom. The molecule has 2 saturated carbocycles. The molecule has 0 radical (unpaired) electrons. The van der Waals surface area contributed by atoms with Gasteiger partial charge in [0.15, 0.2) is 0 Å². The molecule has 0 aromatic rings. The zero-order valence-corrected chi connectivity index (χ0v) is 11.4. The highest BCUT2D eigenvalue weighted by Gasteiger charge is 2.40. The van der Waals surface area contributed by atoms with Crippen molar-refractivity contribution in [2.24, 2.45) is 11.7 Å². The molecule has 0 aromatic heterocycles. The molecule has 1 saturated heterocycles. The van der Waals surface area contributed by atoms with Crippen LogP contribution in [0.2, 0.25) is 0 Å². The molecule has 3 aliphatic rings. The molecule has 104 valence electrons. The zero-order valence-electron chi connectivity index (χ0n) is 11.4. The van der Waals surface area contributed by atoms with Gasteiger partial charge in [0.05, 0.1) is 17.8 Å². The fourth-order valence-electron chi connectivity index (χ4n) is 3.89. The van der Waals surface area contributed by atoms with E-state index in [2.05, 4.69) is 0 Å². The summed E-state index contributed by atoms with van der Waals surface area (Å²) in [6.45, 7) is 1.73. The van der Waals surface area contributed by atoms with Gasteiger partial charge in [-0.2, -0.15) is 0 Å². The summed E-state index contributed by atoms with van der Waals surface area (Å²) in [6, 6.07) is 0. The smallest absolute Gasteiger partial charge is 0.0707 e. The summed E-state index contributed by atoms with van der Waals surface area (Å²) in [5.74, 6) is 0.721. The molecule has 2 N–H and O–H groups in total. The number of nitrogens with two attached hydrogens (primary N) is 1. The summed E-state index contributed by atoms with van der Waals surface area (Å²) in [5, 5.41) is 0. The van der Waals surface area contributed by atoms with Crippen molar-refractivity contribution in [2.75, 3.05) is 13.2 Å². The summed E-state index contributed by atoms with van der Waals surface area (Å²) in [4.78, 5) is 0. The molecular formula is C15H27NO2. The Labute approximate surface area is 110 Å². The average molecular weight is 253 g/mol. The minimum atomic E-state index is 0.179. The SMILES string of the molecule is NCC1CC(OC2CCOC3(CCCCC3)C2)C1. The molecule has 1 aliphatic heterocycles. The highest BCUT2D eigenvalue weighted by atomic mass is 16.5. The molecule has 0 amide bonds. The van der Waals surface area contributed by atoms with Crippen LogP contribution in [0.4, 0.5) is 0 Å². The number of ether oxygens (including phenoxy) is 2. The Hall–Kier alpha value is -0.120. The lowest BCUT2D eigenvalue weighted by molar-refractivity contribution is -0.173. The minimum Gasteiger partial charge on any atom is -0.375 e. The quantitative estimate of drug-likeness (QED) is 0.841. The van der Waals surface area contributed by atoms with Crippen molar-refractivity contribution >= 4 is 0 Å². The Balaban J connectivity index is 1.48. The van der Waals surface area contributed by atoms with Crippen LogP contribution in [0, 0.1) is 5.92 Å². The van der Waals surface area contributed by atoms with Crippen molar-refractivity contribution in [3.8, 4) is 0 Å². The van der Waals surface area contributed by atoms with Crippen molar-refractivity contribution in [2.45, 2.75) is 75.6 Å². The van der Waals surface area contributed by atoms with Crippen LogP contribution in [0.25, 0.3) is 0 Å². The normalized spacial score (nSPS) is 39.5. The van der Waals surface area contributed by atoms with E-state index in [0.29, 0.717) is 12.2 Å². The molecule has 1 unspecified atom stereocenters. The van der Waals surface area contributed by atoms with Gasteiger partial charge in [-0.1, -0.05) is 19.3 Å². The van der Waals surface area contributed by atoms with Gasteiger partial charge in [-0.05, 0) is 44.6 Å². The summed E-state index contributed by atoms with van der Waals surface area (Å²) in [7, 11) is 0. The first-order valence-corrected chi connectivity index (χ1v) is 7.79. The van der Waals surface area contributed by atoms with E-state index in [1.807, 2.05) is 0 Å². The molecule has 3 fully saturated rings. The number of rotatable bonds is 3. The zero-order chi connectivity index (χ0) is 12.4. The van der Waals surface area contributed by atoms with Crippen LogP contribution in [0.15, 0.2) is 0 Å². The van der Waals surface area contributed by atoms with E-state index in [0.717, 1.165) is 31.9 Å². The third-order valence-electron chi connectivity index (χ3n) is 5.12. The van der Waals surface area contributed by atoms with Gasteiger partial charge in [-0.15, -0.1) is 0 Å². The predicted molar refractivity (Wildman–Crippen MR) is 71.4 cm³/mol. The van der Waals surface area contributed by atoms with Gasteiger partial charge in [0.25, 0.3) is 0 Å². The van der Waals surface area contributed by atoms with E-state index >= 15 is 0 Å². The maximum absolute atomic E-state index is 6.25. The van der Waals surface area contributed by atoms with Crippen LogP contribution < -0.4 is 5.73 Å². The summed E-state index contributed by atoms with van der Waals surface area (Å²) in [5.41, 5.74) is 5.84. The van der Waals surface area contributed by atoms with E-state index in [1.54, 1.807) is 0 Å². The van der Waals surface area contributed by atoms with Gasteiger partial charge in [-0.3, -0.25) is 0 Å². The molecule has 1 heterocycles. The lowest BCUT2D eigenvalue weighted by Crippen LogP contribution is -2.46. The first-order valence-electron chi connectivity index (χ1n) is 7.79. The molecule has 1 atom stereocenters. The van der Waals surface area contributed by atoms with Gasteiger partial charge >= 0.3 is 0 Å². The van der Waals surface area contributed by atoms with Gasteiger partial charge in [0.2, 0.25) is 0 Å². The second-order valence-electron chi connectivity index (χ2n) is 6.54. The Bertz CT molecular complexity index is 264. The van der Waals surface area contributed by atoms with E-state index in [9.17, 15) is 0 Å². The fraction of sp³-hybridized carbons (Fsp3) is 1.00. The standard InChI is InChI=1S/C15H27NO2/c16-11-12-8-14(9-12)18-13-4-7-17-15(10-13)5-2-1-3-6-15/h12-14H,1-11,16H2. The molecule has 0 aromatic carbocycles. The van der Waals surface area contributed by atoms with Gasteiger partial charge in [-0.25, -0.2) is 0 Å². The van der Waals surface area contributed by atoms with Crippen molar-refractivity contribution in [1.82, 2.24) is 0 Å². The molecule has 18 heavy (non-hydrogen) atoms. The topological polar surface area (TPSA) is 44.5 Å². The molecule has 0 bridgehead atoms. The first-order chi connectivity index (χ1) is 8.80. The van der Waals surface area contributed by atoms with Gasteiger partial charge in [0.1, 0.15) is 0 Å². The van der Waals surface area contributed by atoms with E-state index in [4.69, 9.17) is 15.2 Å². The average Bonchev–Trinajstić information content (AvgIpc) is 2.34. The fourth-order valence-corrected chi connectivity index (χ4v) is 3.89. The van der Waals surface area contributed by atoms with Crippen LogP contribution in [-0.4, -0.2) is 31.0 Å². The number of hydrogen-bond acceptors (Lipinski definition) is 3. The largest absolute Gasteiger partial charge is 0.375 e. The molecular weight excluding hydrogens is 226 g/mol. The Morgan fingerprint density at radius 2 is 1.89 bits per heavy atom. The lowest BCUT2D eigenvalue weighted by Gasteiger charge is -2.45. The van der Waals surface area contributed by atoms with E-state index in [1.165, 1.54) is 44.9 Å². The maximum Gasteiger partial charge on any atom is 0.0707 e. The van der Waals surface area contributed by atoms with Crippen LogP contribution >= 0.6 is 0 Å². The van der Waals surface area contributed by atoms with Crippen LogP contribution in [-0.2, 0) is 9.47 Å². The van der Waals surface area contributed by atoms with Crippen molar-refractivity contribution in [1.29, 1.82) is 0 Å². The number of hydrogen-bond donors (Lipinski definition) is 1. The predicted octanol–water partition coefficient (Wildman–Crippen LogP) is 2.62. The molecule has 3 rings (SSSR count). The van der Waals surface area contributed by atoms with Gasteiger partial charge in [0, 0.05) is 13.0 Å². The minimum absolute atomic E-state index is 0.179. The third kappa shape index (κ3) is 2.73. The summed E-state index contributed by atoms with van der Waals surface area (Å²) < 4.78 is 12.4. The summed E-state index contributed by atoms with van der Waals surface area (Å²) >= 11 is 0. The third-order valence-corrected chi connectivity index (χ3v) is 5.12. The molecule has 1 spiro atoms. The maximum atomic E-state index is 6.25.